The number of hydrogen-bond donors (Lipinski definition) is 0. The average Bonchev–Trinajstić information content (AvgIpc) is 2.89. The third-order valence-corrected chi connectivity index (χ3v) is 6.22. The highest BCUT2D eigenvalue weighted by molar-refractivity contribution is 7.91. The topological polar surface area (TPSA) is 72.9 Å². The number of fused-ring (bicyclic) bond motifs is 1. The Hall–Kier alpha value is -1.76. The van der Waals surface area contributed by atoms with E-state index in [1.807, 2.05) is 6.92 Å². The summed E-state index contributed by atoms with van der Waals surface area (Å²) in [6.07, 6.45) is 0.289. The van der Waals surface area contributed by atoms with E-state index >= 15 is 0 Å². The summed E-state index contributed by atoms with van der Waals surface area (Å²) in [5.41, 5.74) is 1.56. The first-order chi connectivity index (χ1) is 10.4. The molecule has 0 spiro atoms. The van der Waals surface area contributed by atoms with Gasteiger partial charge in [0.25, 0.3) is 0 Å². The van der Waals surface area contributed by atoms with Crippen molar-refractivity contribution in [2.75, 3.05) is 30.6 Å². The molecule has 0 saturated carbocycles. The Balaban J connectivity index is 2.05. The second-order valence-electron chi connectivity index (χ2n) is 5.87. The van der Waals surface area contributed by atoms with Gasteiger partial charge in [-0.15, -0.1) is 0 Å². The summed E-state index contributed by atoms with van der Waals surface area (Å²) in [4.78, 5) is 14.0. The Morgan fingerprint density at radius 2 is 1.77 bits per heavy atom. The molecule has 2 heterocycles. The molecule has 0 unspecified atom stereocenters. The Kier molecular flexibility index (Phi) is 3.55. The normalized spacial score (nSPS) is 26.1. The molecule has 1 aromatic carbocycles. The van der Waals surface area contributed by atoms with Crippen molar-refractivity contribution in [1.82, 2.24) is 0 Å². The van der Waals surface area contributed by atoms with Crippen LogP contribution in [0.4, 0.5) is 5.69 Å². The van der Waals surface area contributed by atoms with Crippen molar-refractivity contribution in [1.29, 1.82) is 0 Å². The lowest BCUT2D eigenvalue weighted by molar-refractivity contribution is -0.117. The highest BCUT2D eigenvalue weighted by atomic mass is 32.2. The predicted molar refractivity (Wildman–Crippen MR) is 82.3 cm³/mol. The second-order valence-corrected chi connectivity index (χ2v) is 8.02. The molecular formula is C15H19NO5S. The number of sulfone groups is 1. The van der Waals surface area contributed by atoms with E-state index in [9.17, 15) is 13.2 Å². The van der Waals surface area contributed by atoms with E-state index < -0.39 is 9.84 Å². The molecular weight excluding hydrogens is 306 g/mol. The number of anilines is 1. The van der Waals surface area contributed by atoms with Crippen LogP contribution < -0.4 is 14.4 Å². The summed E-state index contributed by atoms with van der Waals surface area (Å²) < 4.78 is 34.3. The molecule has 2 atom stereocenters. The Labute approximate surface area is 129 Å². The van der Waals surface area contributed by atoms with Crippen LogP contribution in [-0.2, 0) is 14.6 Å². The quantitative estimate of drug-likeness (QED) is 0.834. The van der Waals surface area contributed by atoms with Crippen LogP contribution in [0.5, 0.6) is 11.5 Å². The van der Waals surface area contributed by atoms with Gasteiger partial charge in [-0.1, -0.05) is 0 Å². The first kappa shape index (κ1) is 15.1. The fraction of sp³-hybridized carbons (Fsp3) is 0.533. The van der Waals surface area contributed by atoms with Crippen molar-refractivity contribution >= 4 is 21.4 Å². The van der Waals surface area contributed by atoms with E-state index in [-0.39, 0.29) is 35.8 Å². The molecule has 2 aliphatic rings. The van der Waals surface area contributed by atoms with Crippen molar-refractivity contribution < 1.29 is 22.7 Å². The van der Waals surface area contributed by atoms with Crippen molar-refractivity contribution in [3.8, 4) is 11.5 Å². The molecule has 0 radical (unpaired) electrons. The van der Waals surface area contributed by atoms with Crippen LogP contribution in [0.25, 0.3) is 0 Å². The van der Waals surface area contributed by atoms with Crippen LogP contribution in [0.2, 0.25) is 0 Å². The van der Waals surface area contributed by atoms with Gasteiger partial charge in [-0.25, -0.2) is 8.42 Å². The number of carbonyl (C=O) groups is 1. The van der Waals surface area contributed by atoms with Gasteiger partial charge in [-0.2, -0.15) is 0 Å². The zero-order valence-electron chi connectivity index (χ0n) is 12.8. The number of hydrogen-bond acceptors (Lipinski definition) is 5. The minimum absolute atomic E-state index is 0.0276. The maximum Gasteiger partial charge on any atom is 0.227 e. The molecule has 22 heavy (non-hydrogen) atoms. The Morgan fingerprint density at radius 3 is 2.41 bits per heavy atom. The van der Waals surface area contributed by atoms with Crippen LogP contribution >= 0.6 is 0 Å². The highest BCUT2D eigenvalue weighted by Crippen LogP contribution is 2.41. The van der Waals surface area contributed by atoms with Gasteiger partial charge in [0.2, 0.25) is 5.91 Å². The number of rotatable bonds is 3. The van der Waals surface area contributed by atoms with Crippen molar-refractivity contribution in [3.05, 3.63) is 17.7 Å². The predicted octanol–water partition coefficient (Wildman–Crippen LogP) is 1.16. The van der Waals surface area contributed by atoms with Crippen LogP contribution in [-0.4, -0.2) is 46.1 Å². The number of nitrogens with zero attached hydrogens (tertiary/aromatic N) is 1. The fourth-order valence-corrected chi connectivity index (χ4v) is 5.50. The maximum absolute atomic E-state index is 12.4. The Morgan fingerprint density at radius 1 is 1.14 bits per heavy atom. The molecule has 2 fully saturated rings. The minimum Gasteiger partial charge on any atom is -0.493 e. The van der Waals surface area contributed by atoms with Gasteiger partial charge in [0.05, 0.1) is 37.5 Å². The van der Waals surface area contributed by atoms with E-state index in [4.69, 9.17) is 9.47 Å². The third kappa shape index (κ3) is 2.33. The standard InChI is InChI=1S/C15H19NO5S/c1-9-4-13(20-2)14(21-3)6-11(9)16-12-8-22(18,19)7-10(12)5-15(16)17/h4,6,10,12H,5,7-8H2,1-3H3/t10-,12+/m0/s1. The molecule has 7 heteroatoms. The number of amides is 1. The van der Waals surface area contributed by atoms with E-state index in [0.29, 0.717) is 17.2 Å². The molecule has 1 aromatic rings. The molecule has 2 saturated heterocycles. The van der Waals surface area contributed by atoms with Crippen LogP contribution in [0.1, 0.15) is 12.0 Å². The summed E-state index contributed by atoms with van der Waals surface area (Å²) in [7, 11) is 0.0254. The number of benzene rings is 1. The molecule has 2 aliphatic heterocycles. The van der Waals surface area contributed by atoms with Crippen molar-refractivity contribution in [2.45, 2.75) is 19.4 Å². The van der Waals surface area contributed by atoms with Crippen LogP contribution in [0.3, 0.4) is 0 Å². The lowest BCUT2D eigenvalue weighted by atomic mass is 10.0. The smallest absolute Gasteiger partial charge is 0.227 e. The van der Waals surface area contributed by atoms with Gasteiger partial charge >= 0.3 is 0 Å². The molecule has 6 nitrogen and oxygen atoms in total. The Bertz CT molecular complexity index is 728. The first-order valence-electron chi connectivity index (χ1n) is 7.11. The lowest BCUT2D eigenvalue weighted by Crippen LogP contribution is -2.36. The summed E-state index contributed by atoms with van der Waals surface area (Å²) >= 11 is 0. The summed E-state index contributed by atoms with van der Waals surface area (Å²) in [6, 6.07) is 3.28. The van der Waals surface area contributed by atoms with Crippen LogP contribution in [0, 0.1) is 12.8 Å². The largest absolute Gasteiger partial charge is 0.493 e. The lowest BCUT2D eigenvalue weighted by Gasteiger charge is -2.26. The molecule has 0 N–H and O–H groups in total. The monoisotopic (exact) mass is 325 g/mol. The van der Waals surface area contributed by atoms with Gasteiger partial charge in [0.15, 0.2) is 21.3 Å². The highest BCUT2D eigenvalue weighted by Gasteiger charge is 2.49. The van der Waals surface area contributed by atoms with Crippen molar-refractivity contribution in [3.63, 3.8) is 0 Å². The molecule has 0 bridgehead atoms. The van der Waals surface area contributed by atoms with Crippen molar-refractivity contribution in [2.24, 2.45) is 5.92 Å². The zero-order valence-corrected chi connectivity index (χ0v) is 13.6. The maximum atomic E-state index is 12.4. The summed E-state index contributed by atoms with van der Waals surface area (Å²) in [5, 5.41) is 0. The fourth-order valence-electron chi connectivity index (χ4n) is 3.43. The second kappa shape index (κ2) is 5.15. The van der Waals surface area contributed by atoms with E-state index in [0.717, 1.165) is 5.56 Å². The third-order valence-electron chi connectivity index (χ3n) is 4.44. The van der Waals surface area contributed by atoms with Gasteiger partial charge < -0.3 is 14.4 Å². The van der Waals surface area contributed by atoms with Gasteiger partial charge in [0, 0.05) is 18.4 Å². The molecule has 120 valence electrons. The van der Waals surface area contributed by atoms with Gasteiger partial charge in [0.1, 0.15) is 0 Å². The van der Waals surface area contributed by atoms with Gasteiger partial charge in [-0.05, 0) is 18.6 Å². The van der Waals surface area contributed by atoms with Crippen LogP contribution in [0.15, 0.2) is 12.1 Å². The number of aryl methyl sites for hydroxylation is 1. The number of carbonyl (C=O) groups excluding carboxylic acids is 1. The van der Waals surface area contributed by atoms with Gasteiger partial charge in [-0.3, -0.25) is 4.79 Å². The SMILES string of the molecule is COc1cc(C)c(N2C(=O)C[C@H]3CS(=O)(=O)C[C@H]32)cc1OC. The average molecular weight is 325 g/mol. The first-order valence-corrected chi connectivity index (χ1v) is 8.93. The molecule has 1 amide bonds. The zero-order chi connectivity index (χ0) is 16.1. The van der Waals surface area contributed by atoms with E-state index in [2.05, 4.69) is 0 Å². The summed E-state index contributed by atoms with van der Waals surface area (Å²) in [6.45, 7) is 1.88. The number of ether oxygens (including phenoxy) is 2. The van der Waals surface area contributed by atoms with E-state index in [1.54, 1.807) is 24.1 Å². The minimum atomic E-state index is -3.06. The number of methoxy groups -OCH3 is 2. The summed E-state index contributed by atoms with van der Waals surface area (Å²) in [5.74, 6) is 1.13. The molecule has 0 aromatic heterocycles. The van der Waals surface area contributed by atoms with E-state index in [1.165, 1.54) is 7.11 Å². The molecule has 0 aliphatic carbocycles. The molecule has 3 rings (SSSR count).